The molecule has 2 N–H and O–H groups in total. The zero-order valence-electron chi connectivity index (χ0n) is 19.1. The van der Waals surface area contributed by atoms with E-state index < -0.39 is 27.6 Å². The molecule has 1 aliphatic carbocycles. The average molecular weight is 542 g/mol. The lowest BCUT2D eigenvalue weighted by atomic mass is 9.76. The molecule has 192 valence electrons. The van der Waals surface area contributed by atoms with Gasteiger partial charge in [0.05, 0.1) is 22.4 Å². The summed E-state index contributed by atoms with van der Waals surface area (Å²) in [6, 6.07) is 4.58. The number of aliphatic hydroxyl groups is 1. The maximum absolute atomic E-state index is 14.0. The van der Waals surface area contributed by atoms with Gasteiger partial charge in [-0.2, -0.15) is 4.31 Å². The topological polar surface area (TPSA) is 89.9 Å². The van der Waals surface area contributed by atoms with Gasteiger partial charge in [-0.25, -0.2) is 17.2 Å². The van der Waals surface area contributed by atoms with Crippen LogP contribution in [0, 0.1) is 0 Å². The summed E-state index contributed by atoms with van der Waals surface area (Å²) >= 11 is 12.0. The fraction of sp³-hybridized carbons (Fsp3) is 0.682. The molecule has 3 rings (SSSR count). The van der Waals surface area contributed by atoms with Crippen LogP contribution in [-0.2, 0) is 10.0 Å². The quantitative estimate of drug-likeness (QED) is 0.526. The number of hydrogen-bond acceptors (Lipinski definition) is 5. The number of carbonyl (C=O) groups is 1. The second-order valence-corrected chi connectivity index (χ2v) is 12.1. The lowest BCUT2D eigenvalue weighted by molar-refractivity contribution is -0.0889. The van der Waals surface area contributed by atoms with Crippen LogP contribution < -0.4 is 5.32 Å². The molecule has 1 aromatic rings. The van der Waals surface area contributed by atoms with Gasteiger partial charge in [0.2, 0.25) is 15.9 Å². The summed E-state index contributed by atoms with van der Waals surface area (Å²) in [6.07, 6.45) is -0.474. The molecule has 1 aliphatic heterocycles. The minimum atomic E-state index is -3.58. The van der Waals surface area contributed by atoms with Crippen molar-refractivity contribution in [1.29, 1.82) is 0 Å². The molecule has 0 radical (unpaired) electrons. The van der Waals surface area contributed by atoms with Gasteiger partial charge < -0.3 is 10.4 Å². The first kappa shape index (κ1) is 27.5. The lowest BCUT2D eigenvalue weighted by Gasteiger charge is -2.51. The number of benzene rings is 1. The molecule has 1 aromatic carbocycles. The monoisotopic (exact) mass is 541 g/mol. The number of alkyl halides is 2. The predicted octanol–water partition coefficient (Wildman–Crippen LogP) is 3.39. The molecule has 12 heteroatoms. The van der Waals surface area contributed by atoms with E-state index in [0.717, 1.165) is 0 Å². The van der Waals surface area contributed by atoms with Gasteiger partial charge in [0, 0.05) is 56.1 Å². The van der Waals surface area contributed by atoms with E-state index in [0.29, 0.717) is 24.5 Å². The number of rotatable bonds is 8. The Morgan fingerprint density at radius 2 is 1.76 bits per heavy atom. The van der Waals surface area contributed by atoms with Gasteiger partial charge in [0.15, 0.2) is 0 Å². The summed E-state index contributed by atoms with van der Waals surface area (Å²) in [5.41, 5.74) is -0.272. The number of piperazine rings is 1. The van der Waals surface area contributed by atoms with E-state index in [1.807, 2.05) is 0 Å². The largest absolute Gasteiger partial charge is 0.392 e. The van der Waals surface area contributed by atoms with E-state index >= 15 is 0 Å². The number of aliphatic hydroxyl groups excluding tert-OH is 1. The highest BCUT2D eigenvalue weighted by Crippen LogP contribution is 2.43. The SMILES string of the molecule is CC(O)CS(=O)(=O)N1CCN(C2(CCNC(=O)c3ccc(Cl)cc3Cl)CCC(F)(F)CC2)CC1. The van der Waals surface area contributed by atoms with Crippen LogP contribution in [0.25, 0.3) is 0 Å². The smallest absolute Gasteiger partial charge is 0.252 e. The van der Waals surface area contributed by atoms with Crippen molar-refractivity contribution < 1.29 is 27.1 Å². The molecule has 2 fully saturated rings. The Bertz CT molecular complexity index is 976. The number of halogens is 4. The van der Waals surface area contributed by atoms with Gasteiger partial charge in [-0.1, -0.05) is 23.2 Å². The minimum absolute atomic E-state index is 0.228. The second kappa shape index (κ2) is 10.9. The van der Waals surface area contributed by atoms with E-state index in [-0.39, 0.29) is 67.6 Å². The Hall–Kier alpha value is -1.04. The van der Waals surface area contributed by atoms with Crippen LogP contribution in [0.4, 0.5) is 8.78 Å². The lowest BCUT2D eigenvalue weighted by Crippen LogP contribution is -2.60. The number of hydrogen-bond donors (Lipinski definition) is 2. The van der Waals surface area contributed by atoms with Crippen LogP contribution in [0.2, 0.25) is 10.0 Å². The number of amides is 1. The molecule has 34 heavy (non-hydrogen) atoms. The van der Waals surface area contributed by atoms with E-state index in [9.17, 15) is 27.1 Å². The Morgan fingerprint density at radius 1 is 1.15 bits per heavy atom. The Labute approximate surface area is 209 Å². The summed E-state index contributed by atoms with van der Waals surface area (Å²) in [4.78, 5) is 14.7. The molecule has 0 bridgehead atoms. The number of sulfonamides is 1. The van der Waals surface area contributed by atoms with E-state index in [1.54, 1.807) is 6.07 Å². The fourth-order valence-electron chi connectivity index (χ4n) is 4.83. The summed E-state index contributed by atoms with van der Waals surface area (Å²) in [5.74, 6) is -3.43. The minimum Gasteiger partial charge on any atom is -0.392 e. The van der Waals surface area contributed by atoms with E-state index in [4.69, 9.17) is 23.2 Å². The van der Waals surface area contributed by atoms with Crippen molar-refractivity contribution in [3.63, 3.8) is 0 Å². The van der Waals surface area contributed by atoms with Gasteiger partial charge in [-0.3, -0.25) is 9.69 Å². The van der Waals surface area contributed by atoms with Crippen molar-refractivity contribution in [3.05, 3.63) is 33.8 Å². The van der Waals surface area contributed by atoms with Gasteiger partial charge in [-0.15, -0.1) is 0 Å². The average Bonchev–Trinajstić information content (AvgIpc) is 2.74. The summed E-state index contributed by atoms with van der Waals surface area (Å²) in [6.45, 7) is 2.98. The van der Waals surface area contributed by atoms with Crippen molar-refractivity contribution in [2.45, 2.75) is 56.6 Å². The molecule has 1 saturated heterocycles. The molecule has 0 aromatic heterocycles. The normalized spacial score (nSPS) is 22.3. The first-order valence-electron chi connectivity index (χ1n) is 11.4. The van der Waals surface area contributed by atoms with Gasteiger partial charge in [0.1, 0.15) is 0 Å². The number of nitrogens with zero attached hydrogens (tertiary/aromatic N) is 2. The second-order valence-electron chi connectivity index (χ2n) is 9.22. The van der Waals surface area contributed by atoms with E-state index in [1.165, 1.54) is 23.4 Å². The maximum Gasteiger partial charge on any atom is 0.252 e. The van der Waals surface area contributed by atoms with Crippen molar-refractivity contribution in [2.24, 2.45) is 0 Å². The fourth-order valence-corrected chi connectivity index (χ4v) is 6.87. The summed E-state index contributed by atoms with van der Waals surface area (Å²) in [5, 5.41) is 13.0. The molecular formula is C22H31Cl2F2N3O4S. The zero-order chi connectivity index (χ0) is 25.1. The van der Waals surface area contributed by atoms with Gasteiger partial charge >= 0.3 is 0 Å². The Balaban J connectivity index is 1.66. The molecule has 7 nitrogen and oxygen atoms in total. The van der Waals surface area contributed by atoms with Crippen LogP contribution in [0.15, 0.2) is 18.2 Å². The molecule has 1 amide bonds. The Morgan fingerprint density at radius 3 is 2.32 bits per heavy atom. The van der Waals surface area contributed by atoms with Crippen molar-refractivity contribution >= 4 is 39.1 Å². The van der Waals surface area contributed by atoms with Crippen molar-refractivity contribution in [2.75, 3.05) is 38.5 Å². The first-order chi connectivity index (χ1) is 15.8. The molecule has 1 saturated carbocycles. The third kappa shape index (κ3) is 6.79. The van der Waals surface area contributed by atoms with Crippen molar-refractivity contribution in [3.8, 4) is 0 Å². The van der Waals surface area contributed by atoms with Crippen LogP contribution in [0.5, 0.6) is 0 Å². The third-order valence-electron chi connectivity index (χ3n) is 6.72. The first-order valence-corrected chi connectivity index (χ1v) is 13.7. The molecule has 1 heterocycles. The third-order valence-corrected chi connectivity index (χ3v) is 9.32. The van der Waals surface area contributed by atoms with Crippen LogP contribution in [0.3, 0.4) is 0 Å². The highest BCUT2D eigenvalue weighted by atomic mass is 35.5. The van der Waals surface area contributed by atoms with Crippen LogP contribution in [-0.4, -0.2) is 84.7 Å². The van der Waals surface area contributed by atoms with Gasteiger partial charge in [0.25, 0.3) is 5.91 Å². The van der Waals surface area contributed by atoms with Crippen LogP contribution >= 0.6 is 23.2 Å². The summed E-state index contributed by atoms with van der Waals surface area (Å²) < 4.78 is 54.2. The highest BCUT2D eigenvalue weighted by molar-refractivity contribution is 7.89. The maximum atomic E-state index is 14.0. The summed E-state index contributed by atoms with van der Waals surface area (Å²) in [7, 11) is -3.58. The Kier molecular flexibility index (Phi) is 8.85. The van der Waals surface area contributed by atoms with Crippen molar-refractivity contribution in [1.82, 2.24) is 14.5 Å². The molecule has 1 atom stereocenters. The standard InChI is InChI=1S/C22H31Cl2F2N3O4S/c1-16(30)15-34(32,33)29-12-10-28(11-13-29)21(4-6-22(25,26)7-5-21)8-9-27-20(31)18-3-2-17(23)14-19(18)24/h2-3,14,16,30H,4-13,15H2,1H3,(H,27,31). The molecule has 0 spiro atoms. The van der Waals surface area contributed by atoms with E-state index in [2.05, 4.69) is 10.2 Å². The molecule has 2 aliphatic rings. The molecule has 1 unspecified atom stereocenters. The highest BCUT2D eigenvalue weighted by Gasteiger charge is 2.47. The zero-order valence-corrected chi connectivity index (χ0v) is 21.4. The number of nitrogens with one attached hydrogen (secondary N) is 1. The number of carbonyl (C=O) groups excluding carboxylic acids is 1. The van der Waals surface area contributed by atoms with Crippen LogP contribution in [0.1, 0.15) is 49.4 Å². The van der Waals surface area contributed by atoms with Gasteiger partial charge in [-0.05, 0) is 44.4 Å². The molecular weight excluding hydrogens is 511 g/mol. The predicted molar refractivity (Wildman–Crippen MR) is 128 cm³/mol.